The molecule has 3 aromatic rings. The molecule has 0 radical (unpaired) electrons. The first-order valence-electron chi connectivity index (χ1n) is 10.6. The van der Waals surface area contributed by atoms with Crippen molar-refractivity contribution in [1.29, 1.82) is 0 Å². The minimum atomic E-state index is 0.111. The first kappa shape index (κ1) is 20.0. The molecule has 152 valence electrons. The predicted octanol–water partition coefficient (Wildman–Crippen LogP) is 7.08. The summed E-state index contributed by atoms with van der Waals surface area (Å²) >= 11 is 6.07. The Bertz CT molecular complexity index is 989. The summed E-state index contributed by atoms with van der Waals surface area (Å²) in [6.45, 7) is 2.24. The van der Waals surface area contributed by atoms with Crippen LogP contribution in [0.25, 0.3) is 22.6 Å². The number of amides is 1. The van der Waals surface area contributed by atoms with Crippen molar-refractivity contribution >= 4 is 34.3 Å². The summed E-state index contributed by atoms with van der Waals surface area (Å²) in [6, 6.07) is 13.0. The van der Waals surface area contributed by atoms with Crippen LogP contribution >= 0.6 is 11.6 Å². The van der Waals surface area contributed by atoms with Gasteiger partial charge in [0.1, 0.15) is 5.52 Å². The number of hydrogen-bond acceptors (Lipinski definition) is 3. The van der Waals surface area contributed by atoms with Crippen LogP contribution in [-0.4, -0.2) is 10.9 Å². The van der Waals surface area contributed by atoms with Crippen LogP contribution < -0.4 is 5.32 Å². The first-order valence-corrected chi connectivity index (χ1v) is 11.0. The van der Waals surface area contributed by atoms with Crippen molar-refractivity contribution in [3.8, 4) is 11.5 Å². The van der Waals surface area contributed by atoms with Gasteiger partial charge in [-0.3, -0.25) is 4.79 Å². The molecule has 0 bridgehead atoms. The van der Waals surface area contributed by atoms with Gasteiger partial charge in [0.05, 0.1) is 0 Å². The summed E-state index contributed by atoms with van der Waals surface area (Å²) in [5.74, 6) is 1.55. The van der Waals surface area contributed by atoms with E-state index in [0.29, 0.717) is 16.5 Å². The highest BCUT2D eigenvalue weighted by Gasteiger charge is 2.26. The number of oxazole rings is 1. The van der Waals surface area contributed by atoms with Gasteiger partial charge in [-0.2, -0.15) is 0 Å². The van der Waals surface area contributed by atoms with Crippen molar-refractivity contribution in [3.05, 3.63) is 47.5 Å². The molecule has 29 heavy (non-hydrogen) atoms. The maximum atomic E-state index is 12.7. The lowest BCUT2D eigenvalue weighted by atomic mass is 9.79. The van der Waals surface area contributed by atoms with E-state index in [2.05, 4.69) is 17.2 Å². The smallest absolute Gasteiger partial charge is 0.227 e. The fourth-order valence-corrected chi connectivity index (χ4v) is 4.39. The largest absolute Gasteiger partial charge is 0.436 e. The maximum absolute atomic E-state index is 12.7. The summed E-state index contributed by atoms with van der Waals surface area (Å²) in [7, 11) is 0. The summed E-state index contributed by atoms with van der Waals surface area (Å²) in [5, 5.41) is 3.71. The van der Waals surface area contributed by atoms with Gasteiger partial charge in [0.15, 0.2) is 5.58 Å². The van der Waals surface area contributed by atoms with Crippen molar-refractivity contribution in [2.45, 2.75) is 51.9 Å². The van der Waals surface area contributed by atoms with Crippen LogP contribution in [0.3, 0.4) is 0 Å². The third-order valence-electron chi connectivity index (χ3n) is 5.91. The Balaban J connectivity index is 1.41. The number of benzene rings is 2. The first-order chi connectivity index (χ1) is 14.1. The number of nitrogens with one attached hydrogen (secondary N) is 1. The van der Waals surface area contributed by atoms with Crippen LogP contribution in [0.1, 0.15) is 51.9 Å². The topological polar surface area (TPSA) is 55.1 Å². The normalized spacial score (nSPS) is 19.4. The lowest BCUT2D eigenvalue weighted by Gasteiger charge is -2.27. The zero-order chi connectivity index (χ0) is 20.2. The molecule has 0 saturated heterocycles. The summed E-state index contributed by atoms with van der Waals surface area (Å²) < 4.78 is 5.91. The Hall–Kier alpha value is -2.33. The fraction of sp³-hybridized carbons (Fsp3) is 0.417. The number of halogens is 1. The van der Waals surface area contributed by atoms with E-state index in [1.54, 1.807) is 0 Å². The molecule has 0 atom stereocenters. The average molecular weight is 411 g/mol. The van der Waals surface area contributed by atoms with Crippen LogP contribution in [0, 0.1) is 11.8 Å². The van der Waals surface area contributed by atoms with Crippen molar-refractivity contribution in [2.24, 2.45) is 11.8 Å². The SMILES string of the molecule is CCCCC1CCC(C(=O)Nc2ccc3nc(-c4cccc(Cl)c4)oc3c2)CC1. The van der Waals surface area contributed by atoms with Crippen molar-refractivity contribution < 1.29 is 9.21 Å². The Labute approximate surface area is 176 Å². The second-order valence-corrected chi connectivity index (χ2v) is 8.50. The van der Waals surface area contributed by atoms with Gasteiger partial charge in [0, 0.05) is 28.3 Å². The molecule has 1 saturated carbocycles. The summed E-state index contributed by atoms with van der Waals surface area (Å²) in [5.41, 5.74) is 3.00. The Morgan fingerprint density at radius 3 is 2.76 bits per heavy atom. The number of carbonyl (C=O) groups excluding carboxylic acids is 1. The van der Waals surface area contributed by atoms with Gasteiger partial charge in [-0.15, -0.1) is 0 Å². The minimum Gasteiger partial charge on any atom is -0.436 e. The fourth-order valence-electron chi connectivity index (χ4n) is 4.20. The molecule has 2 aromatic carbocycles. The third-order valence-corrected chi connectivity index (χ3v) is 6.15. The number of carbonyl (C=O) groups is 1. The minimum absolute atomic E-state index is 0.111. The predicted molar refractivity (Wildman–Crippen MR) is 118 cm³/mol. The van der Waals surface area contributed by atoms with Crippen LogP contribution in [0.2, 0.25) is 5.02 Å². The average Bonchev–Trinajstić information content (AvgIpc) is 3.16. The van der Waals surface area contributed by atoms with Gasteiger partial charge < -0.3 is 9.73 Å². The number of anilines is 1. The van der Waals surface area contributed by atoms with E-state index >= 15 is 0 Å². The van der Waals surface area contributed by atoms with Gasteiger partial charge in [0.2, 0.25) is 11.8 Å². The number of rotatable bonds is 6. The molecule has 1 aromatic heterocycles. The van der Waals surface area contributed by atoms with Gasteiger partial charge in [0.25, 0.3) is 0 Å². The number of nitrogens with zero attached hydrogens (tertiary/aromatic N) is 1. The van der Waals surface area contributed by atoms with E-state index < -0.39 is 0 Å². The van der Waals surface area contributed by atoms with Crippen LogP contribution in [0.4, 0.5) is 5.69 Å². The van der Waals surface area contributed by atoms with Crippen LogP contribution in [0.5, 0.6) is 0 Å². The zero-order valence-electron chi connectivity index (χ0n) is 16.8. The second kappa shape index (κ2) is 9.00. The van der Waals surface area contributed by atoms with Gasteiger partial charge >= 0.3 is 0 Å². The molecule has 4 nitrogen and oxygen atoms in total. The molecule has 1 heterocycles. The molecule has 1 aliphatic rings. The molecule has 0 aliphatic heterocycles. The number of aromatic nitrogens is 1. The molecule has 0 unspecified atom stereocenters. The molecule has 5 heteroatoms. The quantitative estimate of drug-likeness (QED) is 0.472. The lowest BCUT2D eigenvalue weighted by molar-refractivity contribution is -0.121. The second-order valence-electron chi connectivity index (χ2n) is 8.06. The number of fused-ring (bicyclic) bond motifs is 1. The van der Waals surface area contributed by atoms with Crippen LogP contribution in [-0.2, 0) is 4.79 Å². The monoisotopic (exact) mass is 410 g/mol. The number of unbranched alkanes of at least 4 members (excludes halogenated alkanes) is 1. The molecular formula is C24H27ClN2O2. The Kier molecular flexibility index (Phi) is 6.19. The Morgan fingerprint density at radius 2 is 2.00 bits per heavy atom. The zero-order valence-corrected chi connectivity index (χ0v) is 17.5. The highest BCUT2D eigenvalue weighted by Crippen LogP contribution is 2.33. The molecule has 1 aliphatic carbocycles. The van der Waals surface area contributed by atoms with Crippen molar-refractivity contribution in [3.63, 3.8) is 0 Å². The van der Waals surface area contributed by atoms with E-state index in [9.17, 15) is 4.79 Å². The highest BCUT2D eigenvalue weighted by atomic mass is 35.5. The molecular weight excluding hydrogens is 384 g/mol. The summed E-state index contributed by atoms with van der Waals surface area (Å²) in [6.07, 6.45) is 8.18. The van der Waals surface area contributed by atoms with Crippen molar-refractivity contribution in [1.82, 2.24) is 4.98 Å². The standard InChI is InChI=1S/C24H27ClN2O2/c1-2-3-5-16-8-10-17(11-9-16)23(28)26-20-12-13-21-22(15-20)29-24(27-21)18-6-4-7-19(25)14-18/h4,6-7,12-17H,2-3,5,8-11H2,1H3,(H,26,28). The van der Waals surface area contributed by atoms with Gasteiger partial charge in [-0.25, -0.2) is 4.98 Å². The lowest BCUT2D eigenvalue weighted by Crippen LogP contribution is -2.27. The number of hydrogen-bond donors (Lipinski definition) is 1. The molecule has 1 fully saturated rings. The molecule has 4 rings (SSSR count). The Morgan fingerprint density at radius 1 is 1.17 bits per heavy atom. The molecule has 1 N–H and O–H groups in total. The molecule has 1 amide bonds. The van der Waals surface area contributed by atoms with E-state index in [1.165, 1.54) is 32.1 Å². The highest BCUT2D eigenvalue weighted by molar-refractivity contribution is 6.30. The van der Waals surface area contributed by atoms with Gasteiger partial charge in [-0.05, 0) is 61.9 Å². The maximum Gasteiger partial charge on any atom is 0.227 e. The van der Waals surface area contributed by atoms with E-state index in [-0.39, 0.29) is 11.8 Å². The van der Waals surface area contributed by atoms with Gasteiger partial charge in [-0.1, -0.05) is 43.9 Å². The van der Waals surface area contributed by atoms with E-state index in [4.69, 9.17) is 16.0 Å². The van der Waals surface area contributed by atoms with E-state index in [1.807, 2.05) is 42.5 Å². The van der Waals surface area contributed by atoms with E-state index in [0.717, 1.165) is 35.5 Å². The molecule has 0 spiro atoms. The third kappa shape index (κ3) is 4.81. The summed E-state index contributed by atoms with van der Waals surface area (Å²) in [4.78, 5) is 17.2. The van der Waals surface area contributed by atoms with Crippen molar-refractivity contribution in [2.75, 3.05) is 5.32 Å². The van der Waals surface area contributed by atoms with Crippen LogP contribution in [0.15, 0.2) is 46.9 Å².